The molecule has 2 unspecified atom stereocenters. The summed E-state index contributed by atoms with van der Waals surface area (Å²) in [6.07, 6.45) is 7.31. The highest BCUT2D eigenvalue weighted by Gasteiger charge is 2.14. The number of ether oxygens (including phenoxy) is 1. The molecule has 0 radical (unpaired) electrons. The first kappa shape index (κ1) is 13.1. The molecule has 1 N–H and O–H groups in total. The summed E-state index contributed by atoms with van der Waals surface area (Å²) < 4.78 is 19.6. The van der Waals surface area contributed by atoms with Crippen molar-refractivity contribution in [2.24, 2.45) is 0 Å². The van der Waals surface area contributed by atoms with Gasteiger partial charge in [0.05, 0.1) is 0 Å². The number of hydrogen-bond donors (Lipinski definition) is 1. The largest absolute Gasteiger partial charge is 0.483 e. The smallest absolute Gasteiger partial charge is 0.165 e. The van der Waals surface area contributed by atoms with Crippen LogP contribution in [0.5, 0.6) is 5.75 Å². The van der Waals surface area contributed by atoms with Crippen molar-refractivity contribution in [3.05, 3.63) is 41.7 Å². The minimum atomic E-state index is -0.284. The molecule has 1 aliphatic rings. The summed E-state index contributed by atoms with van der Waals surface area (Å²) in [5.74, 6) is 0.0622. The fourth-order valence-corrected chi connectivity index (χ4v) is 2.09. The third kappa shape index (κ3) is 3.10. The van der Waals surface area contributed by atoms with Gasteiger partial charge in [0.2, 0.25) is 0 Å². The van der Waals surface area contributed by atoms with Crippen LogP contribution in [-0.4, -0.2) is 13.2 Å². The zero-order chi connectivity index (χ0) is 13.0. The Morgan fingerprint density at radius 1 is 1.44 bits per heavy atom. The molecular formula is C15H20FNO. The predicted octanol–water partition coefficient (Wildman–Crippen LogP) is 3.59. The fourth-order valence-electron chi connectivity index (χ4n) is 2.09. The lowest BCUT2D eigenvalue weighted by molar-refractivity contribution is 0.220. The Morgan fingerprint density at radius 2 is 2.28 bits per heavy atom. The fraction of sp³-hybridized carbons (Fsp3) is 0.467. The van der Waals surface area contributed by atoms with Gasteiger partial charge in [-0.05, 0) is 57.0 Å². The maximum atomic E-state index is 13.9. The highest BCUT2D eigenvalue weighted by molar-refractivity contribution is 5.31. The second-order valence-electron chi connectivity index (χ2n) is 4.72. The molecule has 0 amide bonds. The van der Waals surface area contributed by atoms with Crippen molar-refractivity contribution in [2.45, 2.75) is 38.3 Å². The number of hydrogen-bond acceptors (Lipinski definition) is 2. The summed E-state index contributed by atoms with van der Waals surface area (Å²) in [6.45, 7) is 2.00. The van der Waals surface area contributed by atoms with E-state index >= 15 is 0 Å². The quantitative estimate of drug-likeness (QED) is 0.823. The van der Waals surface area contributed by atoms with E-state index in [-0.39, 0.29) is 18.0 Å². The summed E-state index contributed by atoms with van der Waals surface area (Å²) in [4.78, 5) is 0. The average Bonchev–Trinajstić information content (AvgIpc) is 2.41. The molecule has 1 aromatic carbocycles. The summed E-state index contributed by atoms with van der Waals surface area (Å²) in [7, 11) is 1.86. The topological polar surface area (TPSA) is 21.3 Å². The van der Waals surface area contributed by atoms with E-state index in [0.717, 1.165) is 24.8 Å². The molecule has 1 aliphatic carbocycles. The van der Waals surface area contributed by atoms with E-state index in [1.165, 1.54) is 0 Å². The van der Waals surface area contributed by atoms with Gasteiger partial charge >= 0.3 is 0 Å². The van der Waals surface area contributed by atoms with Crippen molar-refractivity contribution in [2.75, 3.05) is 7.05 Å². The van der Waals surface area contributed by atoms with E-state index in [2.05, 4.69) is 11.4 Å². The van der Waals surface area contributed by atoms with Gasteiger partial charge in [0.1, 0.15) is 6.10 Å². The highest BCUT2D eigenvalue weighted by Crippen LogP contribution is 2.25. The highest BCUT2D eigenvalue weighted by atomic mass is 19.1. The van der Waals surface area contributed by atoms with Crippen LogP contribution in [0.25, 0.3) is 0 Å². The molecular weight excluding hydrogens is 229 g/mol. The molecule has 2 rings (SSSR count). The molecule has 0 bridgehead atoms. The van der Waals surface area contributed by atoms with E-state index in [0.29, 0.717) is 5.75 Å². The van der Waals surface area contributed by atoms with Gasteiger partial charge in [0.25, 0.3) is 0 Å². The molecule has 2 nitrogen and oxygen atoms in total. The van der Waals surface area contributed by atoms with Gasteiger partial charge in [-0.1, -0.05) is 12.1 Å². The van der Waals surface area contributed by atoms with E-state index in [9.17, 15) is 4.39 Å². The summed E-state index contributed by atoms with van der Waals surface area (Å²) >= 11 is 0. The molecule has 0 aromatic heterocycles. The zero-order valence-electron chi connectivity index (χ0n) is 10.9. The second kappa shape index (κ2) is 6.01. The van der Waals surface area contributed by atoms with Crippen LogP contribution in [0.3, 0.4) is 0 Å². The standard InChI is InChI=1S/C15H20FNO/c1-11(17-2)12-8-9-15(14(16)10-12)18-13-6-4-3-5-7-13/h4,6,8-11,13,17H,3,5,7H2,1-2H3. The minimum absolute atomic E-state index is 0.0147. The first-order valence-corrected chi connectivity index (χ1v) is 6.50. The van der Waals surface area contributed by atoms with Crippen LogP contribution < -0.4 is 10.1 Å². The van der Waals surface area contributed by atoms with E-state index in [1.807, 2.05) is 26.1 Å². The van der Waals surface area contributed by atoms with Crippen LogP contribution >= 0.6 is 0 Å². The minimum Gasteiger partial charge on any atom is -0.483 e. The summed E-state index contributed by atoms with van der Waals surface area (Å²) in [6, 6.07) is 5.32. The predicted molar refractivity (Wildman–Crippen MR) is 71.3 cm³/mol. The van der Waals surface area contributed by atoms with Crippen molar-refractivity contribution in [3.8, 4) is 5.75 Å². The van der Waals surface area contributed by atoms with Gasteiger partial charge in [0, 0.05) is 6.04 Å². The molecule has 0 saturated carbocycles. The first-order chi connectivity index (χ1) is 8.70. The van der Waals surface area contributed by atoms with Crippen molar-refractivity contribution in [3.63, 3.8) is 0 Å². The normalized spacial score (nSPS) is 20.7. The van der Waals surface area contributed by atoms with Crippen LogP contribution in [0.2, 0.25) is 0 Å². The van der Waals surface area contributed by atoms with Crippen LogP contribution in [0.4, 0.5) is 4.39 Å². The van der Waals surface area contributed by atoms with Crippen LogP contribution in [0, 0.1) is 5.82 Å². The maximum absolute atomic E-state index is 13.9. The zero-order valence-corrected chi connectivity index (χ0v) is 10.9. The summed E-state index contributed by atoms with van der Waals surface area (Å²) in [5.41, 5.74) is 0.932. The van der Waals surface area contributed by atoms with E-state index in [1.54, 1.807) is 12.1 Å². The van der Waals surface area contributed by atoms with E-state index < -0.39 is 0 Å². The monoisotopic (exact) mass is 249 g/mol. The third-order valence-corrected chi connectivity index (χ3v) is 3.38. The van der Waals surface area contributed by atoms with Crippen molar-refractivity contribution < 1.29 is 9.13 Å². The third-order valence-electron chi connectivity index (χ3n) is 3.38. The molecule has 1 aromatic rings. The molecule has 2 atom stereocenters. The molecule has 0 spiro atoms. The number of benzene rings is 1. The Morgan fingerprint density at radius 3 is 2.89 bits per heavy atom. The first-order valence-electron chi connectivity index (χ1n) is 6.50. The maximum Gasteiger partial charge on any atom is 0.165 e. The number of halogens is 1. The van der Waals surface area contributed by atoms with Crippen LogP contribution in [0.1, 0.15) is 37.8 Å². The Hall–Kier alpha value is -1.35. The SMILES string of the molecule is CNC(C)c1ccc(OC2C=CCCC2)c(F)c1. The van der Waals surface area contributed by atoms with Gasteiger partial charge in [-0.3, -0.25) is 0 Å². The molecule has 18 heavy (non-hydrogen) atoms. The second-order valence-corrected chi connectivity index (χ2v) is 4.72. The summed E-state index contributed by atoms with van der Waals surface area (Å²) in [5, 5.41) is 3.09. The van der Waals surface area contributed by atoms with Crippen molar-refractivity contribution >= 4 is 0 Å². The number of allylic oxidation sites excluding steroid dienone is 1. The Kier molecular flexibility index (Phi) is 4.37. The Labute approximate surface area is 108 Å². The Bertz CT molecular complexity index is 431. The van der Waals surface area contributed by atoms with Crippen LogP contribution in [-0.2, 0) is 0 Å². The number of rotatable bonds is 4. The van der Waals surface area contributed by atoms with Gasteiger partial charge in [-0.2, -0.15) is 0 Å². The molecule has 98 valence electrons. The van der Waals surface area contributed by atoms with Crippen LogP contribution in [0.15, 0.2) is 30.4 Å². The molecule has 0 fully saturated rings. The van der Waals surface area contributed by atoms with Gasteiger partial charge in [0.15, 0.2) is 11.6 Å². The lowest BCUT2D eigenvalue weighted by Gasteiger charge is -2.19. The van der Waals surface area contributed by atoms with E-state index in [4.69, 9.17) is 4.74 Å². The molecule has 3 heteroatoms. The van der Waals surface area contributed by atoms with Crippen molar-refractivity contribution in [1.29, 1.82) is 0 Å². The molecule has 0 aliphatic heterocycles. The van der Waals surface area contributed by atoms with Gasteiger partial charge in [-0.25, -0.2) is 4.39 Å². The van der Waals surface area contributed by atoms with Crippen molar-refractivity contribution in [1.82, 2.24) is 5.32 Å². The van der Waals surface area contributed by atoms with Gasteiger partial charge in [-0.15, -0.1) is 0 Å². The number of nitrogens with one attached hydrogen (secondary N) is 1. The van der Waals surface area contributed by atoms with Gasteiger partial charge < -0.3 is 10.1 Å². The Balaban J connectivity index is 2.09. The lowest BCUT2D eigenvalue weighted by Crippen LogP contribution is -2.17. The lowest BCUT2D eigenvalue weighted by atomic mass is 10.1. The molecule has 0 heterocycles. The molecule has 0 saturated heterocycles. The average molecular weight is 249 g/mol.